The molecule has 0 aromatic carbocycles. The molecular formula is C10H19N3O3. The third-order valence-electron chi connectivity index (χ3n) is 2.51. The lowest BCUT2D eigenvalue weighted by Gasteiger charge is -2.28. The van der Waals surface area contributed by atoms with Gasteiger partial charge in [-0.15, -0.1) is 0 Å². The molecule has 16 heavy (non-hydrogen) atoms. The highest BCUT2D eigenvalue weighted by Crippen LogP contribution is 2.02. The summed E-state index contributed by atoms with van der Waals surface area (Å²) in [6.45, 7) is 4.26. The summed E-state index contributed by atoms with van der Waals surface area (Å²) < 4.78 is 5.35. The van der Waals surface area contributed by atoms with Gasteiger partial charge in [-0.2, -0.15) is 0 Å². The van der Waals surface area contributed by atoms with Crippen molar-refractivity contribution in [3.63, 3.8) is 0 Å². The Morgan fingerprint density at radius 3 is 2.81 bits per heavy atom. The molecule has 1 rings (SSSR count). The highest BCUT2D eigenvalue weighted by atomic mass is 16.5. The number of rotatable bonds is 4. The number of likely N-dealkylation sites (N-methyl/N-ethyl adjacent to an activating group) is 2. The van der Waals surface area contributed by atoms with Gasteiger partial charge in [0.05, 0.1) is 13.2 Å². The minimum absolute atomic E-state index is 0.0890. The zero-order chi connectivity index (χ0) is 12.0. The Labute approximate surface area is 95.3 Å². The minimum Gasteiger partial charge on any atom is -0.366 e. The maximum absolute atomic E-state index is 12.0. The lowest BCUT2D eigenvalue weighted by Crippen LogP contribution is -2.51. The molecule has 2 amide bonds. The molecule has 0 aromatic rings. The topological polar surface area (TPSA) is 70.7 Å². The fraction of sp³-hybridized carbons (Fsp3) is 0.800. The first kappa shape index (κ1) is 12.9. The van der Waals surface area contributed by atoms with Crippen LogP contribution in [0.1, 0.15) is 6.92 Å². The van der Waals surface area contributed by atoms with Crippen molar-refractivity contribution in [1.82, 2.24) is 15.5 Å². The fourth-order valence-electron chi connectivity index (χ4n) is 1.53. The van der Waals surface area contributed by atoms with Gasteiger partial charge in [0.2, 0.25) is 5.91 Å². The summed E-state index contributed by atoms with van der Waals surface area (Å²) in [4.78, 5) is 24.7. The summed E-state index contributed by atoms with van der Waals surface area (Å²) in [5, 5.41) is 5.59. The van der Waals surface area contributed by atoms with Crippen LogP contribution in [0.3, 0.4) is 0 Å². The first-order valence-corrected chi connectivity index (χ1v) is 5.50. The Morgan fingerprint density at radius 2 is 2.31 bits per heavy atom. The van der Waals surface area contributed by atoms with Crippen LogP contribution in [0.25, 0.3) is 0 Å². The monoisotopic (exact) mass is 229 g/mol. The van der Waals surface area contributed by atoms with Gasteiger partial charge in [0.25, 0.3) is 5.91 Å². The van der Waals surface area contributed by atoms with Crippen molar-refractivity contribution in [3.8, 4) is 0 Å². The van der Waals surface area contributed by atoms with E-state index in [1.165, 1.54) is 4.90 Å². The zero-order valence-corrected chi connectivity index (χ0v) is 9.78. The van der Waals surface area contributed by atoms with E-state index in [1.807, 2.05) is 6.92 Å². The number of carbonyl (C=O) groups excluding carboxylic acids is 2. The molecule has 1 aliphatic rings. The van der Waals surface area contributed by atoms with Crippen LogP contribution >= 0.6 is 0 Å². The van der Waals surface area contributed by atoms with Crippen molar-refractivity contribution < 1.29 is 14.3 Å². The number of morpholine rings is 1. The number of hydrogen-bond acceptors (Lipinski definition) is 4. The molecule has 0 saturated carbocycles. The summed E-state index contributed by atoms with van der Waals surface area (Å²) in [6, 6.07) is 0. The Balaban J connectivity index is 2.50. The molecular weight excluding hydrogens is 210 g/mol. The van der Waals surface area contributed by atoms with Gasteiger partial charge in [-0.05, 0) is 6.92 Å². The summed E-state index contributed by atoms with van der Waals surface area (Å²) in [5.41, 5.74) is 0. The highest BCUT2D eigenvalue weighted by Gasteiger charge is 2.26. The molecule has 1 fully saturated rings. The Morgan fingerprint density at radius 1 is 1.56 bits per heavy atom. The van der Waals surface area contributed by atoms with E-state index >= 15 is 0 Å². The number of nitrogens with zero attached hydrogens (tertiary/aromatic N) is 1. The van der Waals surface area contributed by atoms with E-state index in [0.29, 0.717) is 19.7 Å². The van der Waals surface area contributed by atoms with Gasteiger partial charge in [-0.1, -0.05) is 0 Å². The summed E-state index contributed by atoms with van der Waals surface area (Å²) in [6.07, 6.45) is -0.460. The maximum Gasteiger partial charge on any atom is 0.253 e. The van der Waals surface area contributed by atoms with E-state index in [-0.39, 0.29) is 18.4 Å². The molecule has 1 atom stereocenters. The van der Waals surface area contributed by atoms with Gasteiger partial charge >= 0.3 is 0 Å². The van der Waals surface area contributed by atoms with Crippen LogP contribution in [0.5, 0.6) is 0 Å². The number of hydrogen-bond donors (Lipinski definition) is 2. The first-order valence-electron chi connectivity index (χ1n) is 5.50. The lowest BCUT2D eigenvalue weighted by atomic mass is 10.2. The third kappa shape index (κ3) is 3.46. The Hall–Kier alpha value is -1.14. The van der Waals surface area contributed by atoms with Crippen molar-refractivity contribution in [1.29, 1.82) is 0 Å². The molecule has 1 heterocycles. The molecule has 0 spiro atoms. The quantitative estimate of drug-likeness (QED) is 0.620. The predicted molar refractivity (Wildman–Crippen MR) is 58.9 cm³/mol. The van der Waals surface area contributed by atoms with Gasteiger partial charge in [-0.3, -0.25) is 9.59 Å². The van der Waals surface area contributed by atoms with Crippen molar-refractivity contribution in [2.24, 2.45) is 0 Å². The second-order valence-electron chi connectivity index (χ2n) is 3.59. The SMILES string of the molecule is CCN(CC(=O)NC)C(=O)C1CNCCO1. The van der Waals surface area contributed by atoms with Gasteiger partial charge < -0.3 is 20.3 Å². The first-order chi connectivity index (χ1) is 7.69. The average Bonchev–Trinajstić information content (AvgIpc) is 2.35. The van der Waals surface area contributed by atoms with Crippen LogP contribution in [0.2, 0.25) is 0 Å². The average molecular weight is 229 g/mol. The van der Waals surface area contributed by atoms with Crippen LogP contribution in [0.4, 0.5) is 0 Å². The summed E-state index contributed by atoms with van der Waals surface area (Å²) >= 11 is 0. The van der Waals surface area contributed by atoms with Gasteiger partial charge in [0.15, 0.2) is 0 Å². The summed E-state index contributed by atoms with van der Waals surface area (Å²) in [7, 11) is 1.55. The molecule has 92 valence electrons. The summed E-state index contributed by atoms with van der Waals surface area (Å²) in [5.74, 6) is -0.294. The molecule has 0 aromatic heterocycles. The molecule has 6 heteroatoms. The van der Waals surface area contributed by atoms with Crippen LogP contribution < -0.4 is 10.6 Å². The second-order valence-corrected chi connectivity index (χ2v) is 3.59. The van der Waals surface area contributed by atoms with E-state index < -0.39 is 6.10 Å². The van der Waals surface area contributed by atoms with E-state index in [9.17, 15) is 9.59 Å². The van der Waals surface area contributed by atoms with Gasteiger partial charge in [0.1, 0.15) is 6.10 Å². The molecule has 1 aliphatic heterocycles. The van der Waals surface area contributed by atoms with Crippen LogP contribution in [0.15, 0.2) is 0 Å². The van der Waals surface area contributed by atoms with Crippen molar-refractivity contribution >= 4 is 11.8 Å². The predicted octanol–water partition coefficient (Wildman–Crippen LogP) is -1.43. The molecule has 1 saturated heterocycles. The lowest BCUT2D eigenvalue weighted by molar-refractivity contribution is -0.147. The largest absolute Gasteiger partial charge is 0.366 e. The van der Waals surface area contributed by atoms with Crippen molar-refractivity contribution in [3.05, 3.63) is 0 Å². The standard InChI is InChI=1S/C10H19N3O3/c1-3-13(7-9(14)11-2)10(15)8-6-12-4-5-16-8/h8,12H,3-7H2,1-2H3,(H,11,14). The Bertz CT molecular complexity index is 252. The fourth-order valence-corrected chi connectivity index (χ4v) is 1.53. The van der Waals surface area contributed by atoms with E-state index in [1.54, 1.807) is 7.05 Å². The molecule has 2 N–H and O–H groups in total. The molecule has 1 unspecified atom stereocenters. The molecule has 0 aliphatic carbocycles. The molecule has 0 bridgehead atoms. The molecule has 0 radical (unpaired) electrons. The maximum atomic E-state index is 12.0. The van der Waals surface area contributed by atoms with E-state index in [0.717, 1.165) is 6.54 Å². The van der Waals surface area contributed by atoms with E-state index in [4.69, 9.17) is 4.74 Å². The Kier molecular flexibility index (Phi) is 5.21. The van der Waals surface area contributed by atoms with Crippen LogP contribution in [-0.4, -0.2) is 62.7 Å². The third-order valence-corrected chi connectivity index (χ3v) is 2.51. The van der Waals surface area contributed by atoms with Crippen LogP contribution in [0, 0.1) is 0 Å². The van der Waals surface area contributed by atoms with Gasteiger partial charge in [0, 0.05) is 26.7 Å². The van der Waals surface area contributed by atoms with Crippen molar-refractivity contribution in [2.45, 2.75) is 13.0 Å². The normalized spacial score (nSPS) is 20.2. The number of amides is 2. The van der Waals surface area contributed by atoms with Crippen LogP contribution in [-0.2, 0) is 14.3 Å². The number of carbonyl (C=O) groups is 2. The zero-order valence-electron chi connectivity index (χ0n) is 9.78. The minimum atomic E-state index is -0.460. The van der Waals surface area contributed by atoms with Gasteiger partial charge in [-0.25, -0.2) is 0 Å². The highest BCUT2D eigenvalue weighted by molar-refractivity contribution is 5.87. The smallest absolute Gasteiger partial charge is 0.253 e. The van der Waals surface area contributed by atoms with Crippen molar-refractivity contribution in [2.75, 3.05) is 39.8 Å². The number of nitrogens with one attached hydrogen (secondary N) is 2. The second kappa shape index (κ2) is 6.44. The number of ether oxygens (including phenoxy) is 1. The molecule has 6 nitrogen and oxygen atoms in total. The van der Waals surface area contributed by atoms with E-state index in [2.05, 4.69) is 10.6 Å².